The number of nitrogens with one attached hydrogen (secondary N) is 1. The van der Waals surface area contributed by atoms with Gasteiger partial charge in [-0.2, -0.15) is 0 Å². The van der Waals surface area contributed by atoms with Crippen LogP contribution in [0.3, 0.4) is 0 Å². The van der Waals surface area contributed by atoms with Crippen molar-refractivity contribution in [3.63, 3.8) is 0 Å². The molecule has 0 saturated carbocycles. The average Bonchev–Trinajstić information content (AvgIpc) is 2.66. The lowest BCUT2D eigenvalue weighted by molar-refractivity contribution is 0.589. The van der Waals surface area contributed by atoms with Crippen molar-refractivity contribution in [2.45, 2.75) is 87.6 Å². The highest BCUT2D eigenvalue weighted by Crippen LogP contribution is 2.38. The van der Waals surface area contributed by atoms with Crippen molar-refractivity contribution in [3.05, 3.63) is 60.7 Å². The second-order valence-corrected chi connectivity index (χ2v) is 25.6. The summed E-state index contributed by atoms with van der Waals surface area (Å²) in [6.45, 7) is 20.9. The molecule has 0 aliphatic rings. The van der Waals surface area contributed by atoms with E-state index >= 15 is 0 Å². The topological polar surface area (TPSA) is 102 Å². The Bertz CT molecular complexity index is 1160. The van der Waals surface area contributed by atoms with E-state index in [1.54, 1.807) is 36.4 Å². The minimum Gasteiger partial charge on any atom is -0.261 e. The van der Waals surface area contributed by atoms with Crippen LogP contribution >= 0.6 is 0 Å². The maximum absolute atomic E-state index is 12.5. The molecule has 1 unspecified atom stereocenters. The second kappa shape index (κ2) is 10.8. The smallest absolute Gasteiger partial charge is 0.234 e. The van der Waals surface area contributed by atoms with Crippen LogP contribution in [0.15, 0.2) is 74.5 Å². The van der Waals surface area contributed by atoms with Gasteiger partial charge in [-0.05, 0) is 47.4 Å². The van der Waals surface area contributed by atoms with Crippen molar-refractivity contribution >= 4 is 36.4 Å². The molecule has 0 aliphatic heterocycles. The van der Waals surface area contributed by atoms with E-state index in [2.05, 4.69) is 63.1 Å². The molecular weight excluding hydrogens is 499 g/mol. The van der Waals surface area contributed by atoms with E-state index in [1.807, 2.05) is 37.4 Å². The molecule has 192 valence electrons. The van der Waals surface area contributed by atoms with E-state index in [0.29, 0.717) is 9.79 Å². The molecular formula is C24H43N3O3S2Si2. The van der Waals surface area contributed by atoms with E-state index in [4.69, 9.17) is 5.14 Å². The van der Waals surface area contributed by atoms with Gasteiger partial charge in [-0.25, -0.2) is 22.2 Å². The Morgan fingerprint density at radius 2 is 1.09 bits per heavy atom. The number of rotatable bonds is 5. The maximum atomic E-state index is 12.5. The molecule has 3 N–H and O–H groups in total. The monoisotopic (exact) mass is 541 g/mol. The van der Waals surface area contributed by atoms with Gasteiger partial charge in [0.2, 0.25) is 10.0 Å². The van der Waals surface area contributed by atoms with Gasteiger partial charge in [-0.15, -0.1) is 0 Å². The molecule has 0 radical (unpaired) electrons. The first-order chi connectivity index (χ1) is 15.1. The molecule has 0 amide bonds. The zero-order chi connectivity index (χ0) is 26.6. The first kappa shape index (κ1) is 30.7. The molecule has 2 aromatic carbocycles. The van der Waals surface area contributed by atoms with E-state index < -0.39 is 36.4 Å². The Morgan fingerprint density at radius 1 is 0.706 bits per heavy atom. The lowest BCUT2D eigenvalue weighted by atomic mass is 10.2. The molecule has 10 heteroatoms. The summed E-state index contributed by atoms with van der Waals surface area (Å²) in [5, 5.41) is 5.94. The van der Waals surface area contributed by atoms with Crippen LogP contribution in [0.2, 0.25) is 36.3 Å². The quantitative estimate of drug-likeness (QED) is 0.430. The number of hydrogen-bond donors (Lipinski definition) is 2. The summed E-state index contributed by atoms with van der Waals surface area (Å²) in [6.07, 6.45) is 0. The van der Waals surface area contributed by atoms with Crippen LogP contribution in [-0.2, 0) is 19.9 Å². The SMILES string of the molecule is CC(C)(C)[Si](C)(C)N=S(N)(=O)c1ccccc1.CC(C)(C)[Si](C)(C)NS(=O)(=O)c1ccccc1. The fourth-order valence-electron chi connectivity index (χ4n) is 2.29. The van der Waals surface area contributed by atoms with Crippen LogP contribution in [0.4, 0.5) is 0 Å². The molecule has 6 nitrogen and oxygen atoms in total. The Balaban J connectivity index is 0.000000340. The van der Waals surface area contributed by atoms with Gasteiger partial charge in [0, 0.05) is 0 Å². The molecule has 0 bridgehead atoms. The predicted octanol–water partition coefficient (Wildman–Crippen LogP) is 6.36. The summed E-state index contributed by atoms with van der Waals surface area (Å²) >= 11 is 0. The zero-order valence-corrected chi connectivity index (χ0v) is 26.0. The van der Waals surface area contributed by atoms with Crippen LogP contribution in [0.25, 0.3) is 0 Å². The van der Waals surface area contributed by atoms with Gasteiger partial charge in [0.1, 0.15) is 18.2 Å². The fourth-order valence-corrected chi connectivity index (χ4v) is 12.0. The highest BCUT2D eigenvalue weighted by molar-refractivity contribution is 7.92. The van der Waals surface area contributed by atoms with Gasteiger partial charge in [0.15, 0.2) is 8.24 Å². The number of sulfonamides is 1. The summed E-state index contributed by atoms with van der Waals surface area (Å²) in [6, 6.07) is 17.6. The van der Waals surface area contributed by atoms with E-state index in [-0.39, 0.29) is 10.1 Å². The van der Waals surface area contributed by atoms with Gasteiger partial charge in [0.05, 0.1) is 9.79 Å². The van der Waals surface area contributed by atoms with Gasteiger partial charge in [0.25, 0.3) is 0 Å². The van der Waals surface area contributed by atoms with E-state index in [1.165, 1.54) is 0 Å². The van der Waals surface area contributed by atoms with E-state index in [0.717, 1.165) is 0 Å². The number of nitrogens with zero attached hydrogens (tertiary/aromatic N) is 1. The highest BCUT2D eigenvalue weighted by atomic mass is 32.2. The number of benzene rings is 2. The molecule has 0 heterocycles. The van der Waals surface area contributed by atoms with Gasteiger partial charge < -0.3 is 0 Å². The minimum atomic E-state index is -3.39. The molecule has 0 aromatic heterocycles. The molecule has 0 aliphatic carbocycles. The summed E-state index contributed by atoms with van der Waals surface area (Å²) in [5.74, 6) is 0. The molecule has 2 aromatic rings. The number of hydrogen-bond acceptors (Lipinski definition) is 4. The van der Waals surface area contributed by atoms with Crippen LogP contribution in [-0.4, -0.2) is 29.1 Å². The Labute approximate surface area is 210 Å². The van der Waals surface area contributed by atoms with Crippen molar-refractivity contribution in [2.24, 2.45) is 9.17 Å². The molecule has 2 rings (SSSR count). The van der Waals surface area contributed by atoms with Crippen molar-refractivity contribution in [1.29, 1.82) is 0 Å². The third-order valence-corrected chi connectivity index (χ3v) is 21.9. The van der Waals surface area contributed by atoms with Crippen LogP contribution in [0.5, 0.6) is 0 Å². The molecule has 1 atom stereocenters. The van der Waals surface area contributed by atoms with Gasteiger partial charge >= 0.3 is 0 Å². The molecule has 0 fully saturated rings. The van der Waals surface area contributed by atoms with Gasteiger partial charge in [-0.1, -0.05) is 91.0 Å². The average molecular weight is 542 g/mol. The maximum Gasteiger partial charge on any atom is 0.234 e. The molecule has 0 spiro atoms. The van der Waals surface area contributed by atoms with Crippen molar-refractivity contribution in [1.82, 2.24) is 4.39 Å². The third-order valence-electron chi connectivity index (χ3n) is 6.60. The molecule has 34 heavy (non-hydrogen) atoms. The van der Waals surface area contributed by atoms with Crippen LogP contribution in [0, 0.1) is 0 Å². The van der Waals surface area contributed by atoms with Crippen LogP contribution < -0.4 is 9.53 Å². The zero-order valence-electron chi connectivity index (χ0n) is 22.3. The lowest BCUT2D eigenvalue weighted by Gasteiger charge is -2.36. The van der Waals surface area contributed by atoms with Crippen molar-refractivity contribution in [3.8, 4) is 0 Å². The first-order valence-corrected chi connectivity index (χ1v) is 20.3. The van der Waals surface area contributed by atoms with Crippen molar-refractivity contribution < 1.29 is 12.6 Å². The molecule has 0 saturated heterocycles. The third kappa shape index (κ3) is 8.42. The predicted molar refractivity (Wildman–Crippen MR) is 151 cm³/mol. The first-order valence-electron chi connectivity index (χ1n) is 11.3. The summed E-state index contributed by atoms with van der Waals surface area (Å²) < 4.78 is 44.4. The summed E-state index contributed by atoms with van der Waals surface area (Å²) in [5.41, 5.74) is 0. The highest BCUT2D eigenvalue weighted by Gasteiger charge is 2.39. The fraction of sp³-hybridized carbons (Fsp3) is 0.500. The minimum absolute atomic E-state index is 0.0190. The summed E-state index contributed by atoms with van der Waals surface area (Å²) in [7, 11) is -10.2. The Hall–Kier alpha value is -1.31. The summed E-state index contributed by atoms with van der Waals surface area (Å²) in [4.78, 5) is 0.953. The largest absolute Gasteiger partial charge is 0.261 e. The lowest BCUT2D eigenvalue weighted by Crippen LogP contribution is -2.54. The van der Waals surface area contributed by atoms with Crippen molar-refractivity contribution in [2.75, 3.05) is 0 Å². The van der Waals surface area contributed by atoms with Gasteiger partial charge in [-0.3, -0.25) is 4.03 Å². The second-order valence-electron chi connectivity index (χ2n) is 11.6. The van der Waals surface area contributed by atoms with E-state index in [9.17, 15) is 12.6 Å². The Kier molecular flexibility index (Phi) is 9.72. The van der Waals surface area contributed by atoms with Crippen LogP contribution in [0.1, 0.15) is 41.5 Å². The standard InChI is InChI=1S/C12H22N2OSSi.C12H21NO2SSi/c1-12(2,3)17(4,5)14-16(13,15)11-9-7-6-8-10-11;1-12(2,3)17(4,5)13-16(14,15)11-9-7-6-8-10-11/h6-10H,1-5H3,(H2,13,14,15);6-10,13H,1-5H3. The normalized spacial score (nSPS) is 15.0. The number of nitrogens with two attached hydrogens (primary N) is 1. The Morgan fingerprint density at radius 3 is 1.44 bits per heavy atom.